The third-order valence-corrected chi connectivity index (χ3v) is 7.03. The fourth-order valence-electron chi connectivity index (χ4n) is 2.99. The average Bonchev–Trinajstić information content (AvgIpc) is 3.09. The van der Waals surface area contributed by atoms with Crippen LogP contribution in [0.25, 0.3) is 22.6 Å². The number of nitrogens with one attached hydrogen (secondary N) is 1. The Morgan fingerprint density at radius 3 is 2.03 bits per heavy atom. The fraction of sp³-hybridized carbons (Fsp3) is 0.368. The molecule has 2 aromatic heterocycles. The molecule has 0 amide bonds. The molecule has 0 aliphatic carbocycles. The van der Waals surface area contributed by atoms with Crippen molar-refractivity contribution in [3.8, 4) is 11.4 Å². The highest BCUT2D eigenvalue weighted by molar-refractivity contribution is 14.1. The van der Waals surface area contributed by atoms with E-state index >= 15 is 0 Å². The van der Waals surface area contributed by atoms with Crippen LogP contribution in [0.15, 0.2) is 24.3 Å². The lowest BCUT2D eigenvalue weighted by molar-refractivity contribution is -0.143. The number of anilines is 1. The van der Waals surface area contributed by atoms with E-state index in [1.165, 1.54) is 13.0 Å². The van der Waals surface area contributed by atoms with E-state index in [0.29, 0.717) is 32.0 Å². The minimum Gasteiger partial charge on any atom is -0.369 e. The van der Waals surface area contributed by atoms with E-state index in [2.05, 4.69) is 15.3 Å². The minimum absolute atomic E-state index is 0.0134. The molecule has 0 unspecified atom stereocenters. The molecular weight excluding hydrogens is 589 g/mol. The van der Waals surface area contributed by atoms with Crippen molar-refractivity contribution in [3.05, 3.63) is 39.0 Å². The summed E-state index contributed by atoms with van der Waals surface area (Å²) in [5.74, 6) is -0.745. The number of fused-ring (bicyclic) bond motifs is 1. The number of aromatic nitrogens is 3. The third kappa shape index (κ3) is 5.20. The highest BCUT2D eigenvalue weighted by Gasteiger charge is 2.38. The van der Waals surface area contributed by atoms with Crippen molar-refractivity contribution in [1.29, 1.82) is 0 Å². The zero-order valence-electron chi connectivity index (χ0n) is 17.1. The standard InChI is InChI=1S/C19H17F6IN4O2S/c1-3-5-27-15-13(26)9-14-17(29-15)30(33(31,32)4-2)16(28-14)10-6-11(18(20,21)22)8-12(7-10)19(23,24)25/h6-9H,3-5H2,1-2H3,(H,27,29). The Morgan fingerprint density at radius 1 is 0.970 bits per heavy atom. The maximum Gasteiger partial charge on any atom is 0.416 e. The first-order valence-corrected chi connectivity index (χ1v) is 12.2. The molecule has 1 N–H and O–H groups in total. The second-order valence-corrected chi connectivity index (χ2v) is 10.3. The lowest BCUT2D eigenvalue weighted by Crippen LogP contribution is -2.18. The van der Waals surface area contributed by atoms with Crippen molar-refractivity contribution in [1.82, 2.24) is 13.9 Å². The summed E-state index contributed by atoms with van der Waals surface area (Å²) in [6.45, 7) is 3.70. The van der Waals surface area contributed by atoms with Crippen molar-refractivity contribution in [2.24, 2.45) is 0 Å². The van der Waals surface area contributed by atoms with Gasteiger partial charge in [0.05, 0.1) is 20.4 Å². The molecule has 2 heterocycles. The molecule has 0 bridgehead atoms. The molecule has 0 spiro atoms. The highest BCUT2D eigenvalue weighted by Crippen LogP contribution is 2.39. The van der Waals surface area contributed by atoms with Gasteiger partial charge in [0.15, 0.2) is 11.5 Å². The molecule has 180 valence electrons. The number of nitrogens with zero attached hydrogens (tertiary/aromatic N) is 3. The fourth-order valence-corrected chi connectivity index (χ4v) is 4.66. The number of imidazole rings is 1. The van der Waals surface area contributed by atoms with E-state index in [4.69, 9.17) is 0 Å². The van der Waals surface area contributed by atoms with Crippen LogP contribution in [0.1, 0.15) is 31.4 Å². The van der Waals surface area contributed by atoms with E-state index in [1.807, 2.05) is 29.5 Å². The van der Waals surface area contributed by atoms with E-state index in [0.717, 1.165) is 6.42 Å². The number of pyridine rings is 1. The van der Waals surface area contributed by atoms with Crippen LogP contribution in [-0.4, -0.2) is 34.7 Å². The van der Waals surface area contributed by atoms with Gasteiger partial charge in [-0.05, 0) is 60.2 Å². The van der Waals surface area contributed by atoms with Crippen molar-refractivity contribution in [3.63, 3.8) is 0 Å². The van der Waals surface area contributed by atoms with Crippen LogP contribution in [0, 0.1) is 3.57 Å². The normalized spacial score (nSPS) is 13.0. The molecule has 0 aliphatic heterocycles. The summed E-state index contributed by atoms with van der Waals surface area (Å²) in [4.78, 5) is 8.35. The summed E-state index contributed by atoms with van der Waals surface area (Å²) < 4.78 is 107. The molecular formula is C19H17F6IN4O2S. The van der Waals surface area contributed by atoms with Crippen LogP contribution in [0.5, 0.6) is 0 Å². The van der Waals surface area contributed by atoms with Gasteiger partial charge in [0.25, 0.3) is 0 Å². The van der Waals surface area contributed by atoms with Crippen LogP contribution in [-0.2, 0) is 22.4 Å². The van der Waals surface area contributed by atoms with Crippen LogP contribution in [0.3, 0.4) is 0 Å². The molecule has 0 aliphatic rings. The number of rotatable bonds is 6. The summed E-state index contributed by atoms with van der Waals surface area (Å²) in [5.41, 5.74) is -3.98. The van der Waals surface area contributed by atoms with Gasteiger partial charge in [0.1, 0.15) is 11.3 Å². The molecule has 3 aromatic rings. The lowest BCUT2D eigenvalue weighted by atomic mass is 10.0. The molecule has 14 heteroatoms. The predicted octanol–water partition coefficient (Wildman–Crippen LogP) is 5.76. The Kier molecular flexibility index (Phi) is 6.90. The van der Waals surface area contributed by atoms with Gasteiger partial charge in [-0.2, -0.15) is 26.3 Å². The summed E-state index contributed by atoms with van der Waals surface area (Å²) >= 11 is 1.92. The van der Waals surface area contributed by atoms with Crippen LogP contribution >= 0.6 is 22.6 Å². The maximum absolute atomic E-state index is 13.3. The van der Waals surface area contributed by atoms with Gasteiger partial charge in [0, 0.05) is 12.1 Å². The first-order valence-electron chi connectivity index (χ1n) is 9.55. The maximum atomic E-state index is 13.3. The second-order valence-electron chi connectivity index (χ2n) is 6.98. The Balaban J connectivity index is 2.41. The molecule has 0 saturated carbocycles. The monoisotopic (exact) mass is 606 g/mol. The Bertz CT molecular complexity index is 1270. The van der Waals surface area contributed by atoms with Crippen molar-refractivity contribution >= 4 is 49.6 Å². The second kappa shape index (κ2) is 8.92. The van der Waals surface area contributed by atoms with Gasteiger partial charge < -0.3 is 5.32 Å². The highest BCUT2D eigenvalue weighted by atomic mass is 127. The van der Waals surface area contributed by atoms with Gasteiger partial charge in [-0.1, -0.05) is 6.92 Å². The summed E-state index contributed by atoms with van der Waals surface area (Å²) in [6.07, 6.45) is -9.46. The van der Waals surface area contributed by atoms with Gasteiger partial charge in [-0.25, -0.2) is 22.4 Å². The van der Waals surface area contributed by atoms with E-state index < -0.39 is 50.6 Å². The van der Waals surface area contributed by atoms with E-state index in [1.54, 1.807) is 0 Å². The predicted molar refractivity (Wildman–Crippen MR) is 119 cm³/mol. The lowest BCUT2D eigenvalue weighted by Gasteiger charge is -2.15. The number of halogens is 7. The number of hydrogen-bond acceptors (Lipinski definition) is 5. The summed E-state index contributed by atoms with van der Waals surface area (Å²) in [6, 6.07) is 2.32. The van der Waals surface area contributed by atoms with Gasteiger partial charge in [-0.3, -0.25) is 0 Å². The van der Waals surface area contributed by atoms with Crippen LogP contribution in [0.2, 0.25) is 0 Å². The molecule has 0 atom stereocenters. The molecule has 33 heavy (non-hydrogen) atoms. The first-order chi connectivity index (χ1) is 15.2. The van der Waals surface area contributed by atoms with Gasteiger partial charge in [0.2, 0.25) is 10.0 Å². The number of benzene rings is 1. The molecule has 0 saturated heterocycles. The minimum atomic E-state index is -5.10. The van der Waals surface area contributed by atoms with Crippen molar-refractivity contribution in [2.45, 2.75) is 32.6 Å². The van der Waals surface area contributed by atoms with Gasteiger partial charge in [-0.15, -0.1) is 0 Å². The van der Waals surface area contributed by atoms with Crippen molar-refractivity contribution in [2.75, 3.05) is 17.6 Å². The quantitative estimate of drug-likeness (QED) is 0.286. The number of alkyl halides is 6. The molecule has 0 radical (unpaired) electrons. The Morgan fingerprint density at radius 2 is 1.55 bits per heavy atom. The molecule has 1 aromatic carbocycles. The first kappa shape index (κ1) is 25.5. The van der Waals surface area contributed by atoms with Gasteiger partial charge >= 0.3 is 12.4 Å². The van der Waals surface area contributed by atoms with E-state index in [-0.39, 0.29) is 17.2 Å². The summed E-state index contributed by atoms with van der Waals surface area (Å²) in [5, 5.41) is 3.01. The average molecular weight is 606 g/mol. The van der Waals surface area contributed by atoms with Crippen molar-refractivity contribution < 1.29 is 34.8 Å². The Hall–Kier alpha value is -2.10. The summed E-state index contributed by atoms with van der Waals surface area (Å²) in [7, 11) is -4.21. The topological polar surface area (TPSA) is 76.9 Å². The molecule has 0 fully saturated rings. The van der Waals surface area contributed by atoms with E-state index in [9.17, 15) is 34.8 Å². The molecule has 3 rings (SSSR count). The third-order valence-electron chi connectivity index (χ3n) is 4.58. The smallest absolute Gasteiger partial charge is 0.369 e. The Labute approximate surface area is 198 Å². The SMILES string of the molecule is CCCNc1nc2c(cc1I)nc(-c1cc(C(F)(F)F)cc(C(F)(F)F)c1)n2S(=O)(=O)CC. The number of hydrogen-bond donors (Lipinski definition) is 1. The zero-order valence-corrected chi connectivity index (χ0v) is 20.1. The van der Waals surface area contributed by atoms with Crippen LogP contribution in [0.4, 0.5) is 32.2 Å². The molecule has 6 nitrogen and oxygen atoms in total. The zero-order chi connectivity index (χ0) is 24.8. The van der Waals surface area contributed by atoms with Crippen LogP contribution < -0.4 is 5.32 Å². The largest absolute Gasteiger partial charge is 0.416 e.